The molecule has 0 spiro atoms. The van der Waals surface area contributed by atoms with Crippen molar-refractivity contribution in [2.45, 2.75) is 46.1 Å². The van der Waals surface area contributed by atoms with Crippen LogP contribution in [0.25, 0.3) is 0 Å². The second-order valence-electron chi connectivity index (χ2n) is 7.47. The molecule has 1 N–H and O–H groups in total. The Balaban J connectivity index is 1.59. The first-order chi connectivity index (χ1) is 14.4. The maximum absolute atomic E-state index is 12.9. The molecule has 3 rings (SSSR count). The fourth-order valence-electron chi connectivity index (χ4n) is 3.22. The number of carbonyl (C=O) groups excluding carboxylic acids is 3. The number of aryl methyl sites for hydroxylation is 1. The molecule has 0 radical (unpaired) electrons. The van der Waals surface area contributed by atoms with Crippen molar-refractivity contribution in [2.24, 2.45) is 0 Å². The predicted molar refractivity (Wildman–Crippen MR) is 118 cm³/mol. The number of nitrogens with zero attached hydrogens (tertiary/aromatic N) is 3. The van der Waals surface area contributed by atoms with Crippen LogP contribution >= 0.6 is 11.3 Å². The molecule has 1 saturated carbocycles. The lowest BCUT2D eigenvalue weighted by Gasteiger charge is -2.21. The van der Waals surface area contributed by atoms with Crippen molar-refractivity contribution >= 4 is 34.2 Å². The number of aromatic nitrogens is 1. The third kappa shape index (κ3) is 5.66. The molecule has 1 aromatic heterocycles. The summed E-state index contributed by atoms with van der Waals surface area (Å²) in [5.41, 5.74) is 2.31. The SMILES string of the molecule is CCN(CC)C(=O)Cc1csc(NC(=O)CN(C(=O)c2ccc(C)cc2)C2CC2)n1. The van der Waals surface area contributed by atoms with Gasteiger partial charge in [-0.2, -0.15) is 0 Å². The maximum Gasteiger partial charge on any atom is 0.254 e. The van der Waals surface area contributed by atoms with E-state index in [1.807, 2.05) is 32.9 Å². The van der Waals surface area contributed by atoms with Crippen LogP contribution in [0.5, 0.6) is 0 Å². The van der Waals surface area contributed by atoms with E-state index in [1.165, 1.54) is 11.3 Å². The van der Waals surface area contributed by atoms with Crippen molar-refractivity contribution in [1.82, 2.24) is 14.8 Å². The number of amides is 3. The summed E-state index contributed by atoms with van der Waals surface area (Å²) in [5.74, 6) is -0.387. The maximum atomic E-state index is 12.9. The highest BCUT2D eigenvalue weighted by Crippen LogP contribution is 2.28. The quantitative estimate of drug-likeness (QED) is 0.665. The van der Waals surface area contributed by atoms with Gasteiger partial charge in [-0.15, -0.1) is 11.3 Å². The van der Waals surface area contributed by atoms with Gasteiger partial charge in [0, 0.05) is 30.1 Å². The summed E-state index contributed by atoms with van der Waals surface area (Å²) in [4.78, 5) is 45.4. The molecule has 8 heteroatoms. The largest absolute Gasteiger partial charge is 0.343 e. The number of thiazole rings is 1. The van der Waals surface area contributed by atoms with E-state index in [0.29, 0.717) is 29.5 Å². The van der Waals surface area contributed by atoms with E-state index in [9.17, 15) is 14.4 Å². The van der Waals surface area contributed by atoms with Gasteiger partial charge in [0.05, 0.1) is 12.1 Å². The van der Waals surface area contributed by atoms with Crippen molar-refractivity contribution in [3.05, 3.63) is 46.5 Å². The summed E-state index contributed by atoms with van der Waals surface area (Å²) in [6.07, 6.45) is 2.05. The van der Waals surface area contributed by atoms with Crippen LogP contribution in [-0.4, -0.2) is 58.2 Å². The van der Waals surface area contributed by atoms with Gasteiger partial charge in [0.25, 0.3) is 5.91 Å². The minimum absolute atomic E-state index is 0.00926. The zero-order chi connectivity index (χ0) is 21.7. The Bertz CT molecular complexity index is 901. The van der Waals surface area contributed by atoms with Gasteiger partial charge in [-0.1, -0.05) is 17.7 Å². The Hall–Kier alpha value is -2.74. The summed E-state index contributed by atoms with van der Waals surface area (Å²) >= 11 is 1.29. The van der Waals surface area contributed by atoms with Crippen molar-refractivity contribution in [2.75, 3.05) is 25.0 Å². The lowest BCUT2D eigenvalue weighted by Crippen LogP contribution is -2.39. The van der Waals surface area contributed by atoms with Gasteiger partial charge in [0.2, 0.25) is 11.8 Å². The van der Waals surface area contributed by atoms with Crippen LogP contribution in [0.3, 0.4) is 0 Å². The summed E-state index contributed by atoms with van der Waals surface area (Å²) in [7, 11) is 0. The molecule has 1 fully saturated rings. The molecule has 3 amide bonds. The van der Waals surface area contributed by atoms with E-state index in [2.05, 4.69) is 10.3 Å². The molecule has 30 heavy (non-hydrogen) atoms. The van der Waals surface area contributed by atoms with Crippen molar-refractivity contribution < 1.29 is 14.4 Å². The van der Waals surface area contributed by atoms with Crippen molar-refractivity contribution in [3.8, 4) is 0 Å². The number of likely N-dealkylation sites (N-methyl/N-ethyl adjacent to an activating group) is 1. The van der Waals surface area contributed by atoms with Crippen LogP contribution in [0.4, 0.5) is 5.13 Å². The van der Waals surface area contributed by atoms with E-state index in [0.717, 1.165) is 18.4 Å². The van der Waals surface area contributed by atoms with E-state index in [4.69, 9.17) is 0 Å². The number of hydrogen-bond donors (Lipinski definition) is 1. The average molecular weight is 429 g/mol. The third-order valence-corrected chi connectivity index (χ3v) is 5.91. The Morgan fingerprint density at radius 1 is 1.13 bits per heavy atom. The van der Waals surface area contributed by atoms with Gasteiger partial charge in [0.15, 0.2) is 5.13 Å². The van der Waals surface area contributed by atoms with Crippen LogP contribution in [0.1, 0.15) is 48.3 Å². The first kappa shape index (κ1) is 22.0. The smallest absolute Gasteiger partial charge is 0.254 e. The molecule has 1 aliphatic rings. The molecule has 1 aromatic carbocycles. The Morgan fingerprint density at radius 2 is 1.80 bits per heavy atom. The molecule has 160 valence electrons. The summed E-state index contributed by atoms with van der Waals surface area (Å²) in [6, 6.07) is 7.50. The van der Waals surface area contributed by atoms with Gasteiger partial charge in [-0.3, -0.25) is 14.4 Å². The van der Waals surface area contributed by atoms with Gasteiger partial charge >= 0.3 is 0 Å². The molecule has 0 aliphatic heterocycles. The van der Waals surface area contributed by atoms with Crippen molar-refractivity contribution in [1.29, 1.82) is 0 Å². The van der Waals surface area contributed by atoms with E-state index >= 15 is 0 Å². The molecule has 1 heterocycles. The molecule has 0 bridgehead atoms. The molecule has 7 nitrogen and oxygen atoms in total. The monoisotopic (exact) mass is 428 g/mol. The number of anilines is 1. The lowest BCUT2D eigenvalue weighted by molar-refractivity contribution is -0.130. The Kier molecular flexibility index (Phi) is 7.20. The van der Waals surface area contributed by atoms with E-state index in [1.54, 1.807) is 27.3 Å². The van der Waals surface area contributed by atoms with E-state index in [-0.39, 0.29) is 36.7 Å². The van der Waals surface area contributed by atoms with Gasteiger partial charge in [0.1, 0.15) is 6.54 Å². The molecule has 0 atom stereocenters. The molecule has 0 saturated heterocycles. The minimum atomic E-state index is -0.279. The summed E-state index contributed by atoms with van der Waals surface area (Å²) in [5, 5.41) is 5.00. The first-order valence-corrected chi connectivity index (χ1v) is 11.2. The van der Waals surface area contributed by atoms with Gasteiger partial charge in [-0.25, -0.2) is 4.98 Å². The third-order valence-electron chi connectivity index (χ3n) is 5.11. The van der Waals surface area contributed by atoms with Gasteiger partial charge in [-0.05, 0) is 45.7 Å². The molecule has 2 aromatic rings. The van der Waals surface area contributed by atoms with Crippen LogP contribution < -0.4 is 5.32 Å². The Labute approximate surface area is 181 Å². The number of carbonyl (C=O) groups is 3. The number of hydrogen-bond acceptors (Lipinski definition) is 5. The van der Waals surface area contributed by atoms with Crippen LogP contribution in [0.15, 0.2) is 29.6 Å². The fourth-order valence-corrected chi connectivity index (χ4v) is 3.94. The zero-order valence-corrected chi connectivity index (χ0v) is 18.5. The number of rotatable bonds is 9. The average Bonchev–Trinajstić information content (AvgIpc) is 3.48. The second kappa shape index (κ2) is 9.84. The van der Waals surface area contributed by atoms with Crippen LogP contribution in [0.2, 0.25) is 0 Å². The highest BCUT2D eigenvalue weighted by atomic mass is 32.1. The highest BCUT2D eigenvalue weighted by molar-refractivity contribution is 7.13. The van der Waals surface area contributed by atoms with Crippen LogP contribution in [0, 0.1) is 6.92 Å². The second-order valence-corrected chi connectivity index (χ2v) is 8.32. The molecular weight excluding hydrogens is 400 g/mol. The van der Waals surface area contributed by atoms with Crippen LogP contribution in [-0.2, 0) is 16.0 Å². The molecular formula is C22H28N4O3S. The topological polar surface area (TPSA) is 82.6 Å². The highest BCUT2D eigenvalue weighted by Gasteiger charge is 2.34. The molecule has 1 aliphatic carbocycles. The normalized spacial score (nSPS) is 13.0. The fraction of sp³-hybridized carbons (Fsp3) is 0.455. The van der Waals surface area contributed by atoms with E-state index < -0.39 is 0 Å². The van der Waals surface area contributed by atoms with Gasteiger partial charge < -0.3 is 15.1 Å². The predicted octanol–water partition coefficient (Wildman–Crippen LogP) is 3.11. The molecule has 0 unspecified atom stereocenters. The standard InChI is InChI=1S/C22H28N4O3S/c1-4-25(5-2)20(28)12-17-14-30-22(23-17)24-19(27)13-26(18-10-11-18)21(29)16-8-6-15(3)7-9-16/h6-9,14,18H,4-5,10-13H2,1-3H3,(H,23,24,27). The lowest BCUT2D eigenvalue weighted by atomic mass is 10.1. The zero-order valence-electron chi connectivity index (χ0n) is 17.7. The summed E-state index contributed by atoms with van der Waals surface area (Å²) in [6.45, 7) is 7.17. The van der Waals surface area contributed by atoms with Crippen molar-refractivity contribution in [3.63, 3.8) is 0 Å². The first-order valence-electron chi connectivity index (χ1n) is 10.3. The Morgan fingerprint density at radius 3 is 2.40 bits per heavy atom. The number of nitrogens with one attached hydrogen (secondary N) is 1. The summed E-state index contributed by atoms with van der Waals surface area (Å²) < 4.78 is 0. The number of benzene rings is 1. The minimum Gasteiger partial charge on any atom is -0.343 e.